The van der Waals surface area contributed by atoms with E-state index in [-0.39, 0.29) is 6.03 Å². The van der Waals surface area contributed by atoms with Gasteiger partial charge in [0, 0.05) is 13.1 Å². The molecule has 2 saturated heterocycles. The van der Waals surface area contributed by atoms with Gasteiger partial charge in [0.05, 0.1) is 6.04 Å². The summed E-state index contributed by atoms with van der Waals surface area (Å²) in [7, 11) is 0. The van der Waals surface area contributed by atoms with Gasteiger partial charge in [0.2, 0.25) is 0 Å². The average Bonchev–Trinajstić information content (AvgIpc) is 3.07. The Balaban J connectivity index is 1.45. The van der Waals surface area contributed by atoms with Crippen molar-refractivity contribution in [2.75, 3.05) is 26.2 Å². The second kappa shape index (κ2) is 6.12. The molecule has 3 aliphatic rings. The van der Waals surface area contributed by atoms with Crippen molar-refractivity contribution in [1.29, 1.82) is 0 Å². The van der Waals surface area contributed by atoms with Crippen molar-refractivity contribution >= 4 is 6.03 Å². The minimum absolute atomic E-state index is 0.182. The number of carbonyl (C=O) groups is 1. The molecule has 3 fully saturated rings. The van der Waals surface area contributed by atoms with E-state index in [9.17, 15) is 4.79 Å². The number of hydrogen-bond acceptors (Lipinski definition) is 2. The molecule has 1 aliphatic carbocycles. The summed E-state index contributed by atoms with van der Waals surface area (Å²) in [4.78, 5) is 14.1. The maximum atomic E-state index is 12.0. The molecular weight excluding hydrogens is 238 g/mol. The third kappa shape index (κ3) is 3.22. The lowest BCUT2D eigenvalue weighted by Gasteiger charge is -2.26. The van der Waals surface area contributed by atoms with Gasteiger partial charge in [-0.15, -0.1) is 0 Å². The van der Waals surface area contributed by atoms with Gasteiger partial charge in [-0.25, -0.2) is 4.79 Å². The highest BCUT2D eigenvalue weighted by molar-refractivity contribution is 5.76. The summed E-state index contributed by atoms with van der Waals surface area (Å²) >= 11 is 0. The Bertz CT molecular complexity index is 309. The van der Waals surface area contributed by atoms with E-state index in [1.165, 1.54) is 38.5 Å². The van der Waals surface area contributed by atoms with Crippen LogP contribution in [0.25, 0.3) is 0 Å². The zero-order valence-electron chi connectivity index (χ0n) is 11.9. The molecule has 2 aliphatic heterocycles. The quantitative estimate of drug-likeness (QED) is 0.816. The summed E-state index contributed by atoms with van der Waals surface area (Å²) in [6.07, 6.45) is 9.15. The van der Waals surface area contributed by atoms with E-state index in [4.69, 9.17) is 0 Å². The molecule has 0 aromatic heterocycles. The van der Waals surface area contributed by atoms with Crippen LogP contribution >= 0.6 is 0 Å². The second-order valence-corrected chi connectivity index (χ2v) is 6.55. The average molecular weight is 265 g/mol. The van der Waals surface area contributed by atoms with Crippen LogP contribution in [0.4, 0.5) is 4.79 Å². The van der Waals surface area contributed by atoms with Crippen molar-refractivity contribution in [2.24, 2.45) is 11.8 Å². The van der Waals surface area contributed by atoms with Crippen LogP contribution in [-0.2, 0) is 0 Å². The molecule has 3 rings (SSSR count). The van der Waals surface area contributed by atoms with E-state index in [0.29, 0.717) is 6.04 Å². The molecule has 1 saturated carbocycles. The maximum absolute atomic E-state index is 12.0. The lowest BCUT2D eigenvalue weighted by molar-refractivity contribution is 0.214. The molecule has 2 amide bonds. The topological polar surface area (TPSA) is 44.4 Å². The first-order chi connectivity index (χ1) is 9.33. The zero-order valence-corrected chi connectivity index (χ0v) is 11.9. The van der Waals surface area contributed by atoms with Crippen LogP contribution in [0.1, 0.15) is 44.9 Å². The third-order valence-corrected chi connectivity index (χ3v) is 5.20. The molecule has 108 valence electrons. The summed E-state index contributed by atoms with van der Waals surface area (Å²) in [5.74, 6) is 1.51. The van der Waals surface area contributed by atoms with E-state index in [1.54, 1.807) is 0 Å². The maximum Gasteiger partial charge on any atom is 0.317 e. The summed E-state index contributed by atoms with van der Waals surface area (Å²) in [5, 5.41) is 6.62. The fourth-order valence-corrected chi connectivity index (χ4v) is 3.91. The van der Waals surface area contributed by atoms with Gasteiger partial charge >= 0.3 is 6.03 Å². The number of carbonyl (C=O) groups excluding carboxylic acids is 1. The van der Waals surface area contributed by atoms with Gasteiger partial charge in [-0.1, -0.05) is 19.3 Å². The molecule has 0 bridgehead atoms. The second-order valence-electron chi connectivity index (χ2n) is 6.55. The molecule has 0 radical (unpaired) electrons. The van der Waals surface area contributed by atoms with Crippen molar-refractivity contribution in [3.05, 3.63) is 0 Å². The van der Waals surface area contributed by atoms with Gasteiger partial charge in [0.15, 0.2) is 0 Å². The van der Waals surface area contributed by atoms with Crippen molar-refractivity contribution in [3.8, 4) is 0 Å². The molecular formula is C15H27N3O. The molecule has 2 N–H and O–H groups in total. The summed E-state index contributed by atoms with van der Waals surface area (Å²) in [5.41, 5.74) is 0. The SMILES string of the molecule is O=C1NC(C2CCCCC2)CN1CCC1CCNC1. The van der Waals surface area contributed by atoms with Gasteiger partial charge in [-0.2, -0.15) is 0 Å². The van der Waals surface area contributed by atoms with Crippen LogP contribution in [0.2, 0.25) is 0 Å². The van der Waals surface area contributed by atoms with Gasteiger partial charge < -0.3 is 15.5 Å². The Hall–Kier alpha value is -0.770. The summed E-state index contributed by atoms with van der Waals surface area (Å²) in [6, 6.07) is 0.607. The Morgan fingerprint density at radius 1 is 1.16 bits per heavy atom. The lowest BCUT2D eigenvalue weighted by Crippen LogP contribution is -2.35. The molecule has 4 nitrogen and oxygen atoms in total. The Kier molecular flexibility index (Phi) is 4.26. The number of urea groups is 1. The zero-order chi connectivity index (χ0) is 13.1. The third-order valence-electron chi connectivity index (χ3n) is 5.20. The highest BCUT2D eigenvalue weighted by Gasteiger charge is 2.34. The highest BCUT2D eigenvalue weighted by Crippen LogP contribution is 2.29. The smallest absolute Gasteiger partial charge is 0.317 e. The number of nitrogens with one attached hydrogen (secondary N) is 2. The molecule has 0 aromatic carbocycles. The van der Waals surface area contributed by atoms with Gasteiger partial charge in [0.1, 0.15) is 0 Å². The Labute approximate surface area is 116 Å². The van der Waals surface area contributed by atoms with Crippen LogP contribution in [0.3, 0.4) is 0 Å². The van der Waals surface area contributed by atoms with E-state index < -0.39 is 0 Å². The predicted molar refractivity (Wildman–Crippen MR) is 76.1 cm³/mol. The van der Waals surface area contributed by atoms with E-state index in [2.05, 4.69) is 15.5 Å². The molecule has 2 heterocycles. The normalized spacial score (nSPS) is 32.8. The predicted octanol–water partition coefficient (Wildman–Crippen LogP) is 1.96. The lowest BCUT2D eigenvalue weighted by atomic mass is 9.84. The fourth-order valence-electron chi connectivity index (χ4n) is 3.91. The van der Waals surface area contributed by atoms with Crippen LogP contribution in [0, 0.1) is 11.8 Å². The molecule has 0 aromatic rings. The molecule has 2 unspecified atom stereocenters. The van der Waals surface area contributed by atoms with Crippen molar-refractivity contribution in [3.63, 3.8) is 0 Å². The minimum atomic E-state index is 0.182. The molecule has 2 atom stereocenters. The standard InChI is InChI=1S/C15H27N3O/c19-15-17-14(13-4-2-1-3-5-13)11-18(15)9-7-12-6-8-16-10-12/h12-14,16H,1-11H2,(H,17,19). The van der Waals surface area contributed by atoms with Gasteiger partial charge in [-0.3, -0.25) is 0 Å². The molecule has 19 heavy (non-hydrogen) atoms. The van der Waals surface area contributed by atoms with Crippen molar-refractivity contribution in [1.82, 2.24) is 15.5 Å². The van der Waals surface area contributed by atoms with Gasteiger partial charge in [-0.05, 0) is 50.6 Å². The number of hydrogen-bond donors (Lipinski definition) is 2. The highest BCUT2D eigenvalue weighted by atomic mass is 16.2. The number of rotatable bonds is 4. The minimum Gasteiger partial charge on any atom is -0.333 e. The van der Waals surface area contributed by atoms with Crippen LogP contribution in [0.15, 0.2) is 0 Å². The van der Waals surface area contributed by atoms with Crippen LogP contribution < -0.4 is 10.6 Å². The van der Waals surface area contributed by atoms with E-state index >= 15 is 0 Å². The van der Waals surface area contributed by atoms with E-state index in [1.807, 2.05) is 0 Å². The largest absolute Gasteiger partial charge is 0.333 e. The Morgan fingerprint density at radius 3 is 2.74 bits per heavy atom. The Morgan fingerprint density at radius 2 is 2.00 bits per heavy atom. The van der Waals surface area contributed by atoms with Gasteiger partial charge in [0.25, 0.3) is 0 Å². The monoisotopic (exact) mass is 265 g/mol. The first kappa shape index (κ1) is 13.2. The first-order valence-corrected chi connectivity index (χ1v) is 8.09. The van der Waals surface area contributed by atoms with Crippen molar-refractivity contribution in [2.45, 2.75) is 51.0 Å². The van der Waals surface area contributed by atoms with Crippen LogP contribution in [0.5, 0.6) is 0 Å². The van der Waals surface area contributed by atoms with Crippen LogP contribution in [-0.4, -0.2) is 43.2 Å². The molecule has 0 spiro atoms. The number of nitrogens with zero attached hydrogens (tertiary/aromatic N) is 1. The first-order valence-electron chi connectivity index (χ1n) is 8.09. The van der Waals surface area contributed by atoms with Crippen molar-refractivity contribution < 1.29 is 4.79 Å². The fraction of sp³-hybridized carbons (Fsp3) is 0.933. The summed E-state index contributed by atoms with van der Waals surface area (Å²) < 4.78 is 0. The molecule has 4 heteroatoms. The number of amides is 2. The summed E-state index contributed by atoms with van der Waals surface area (Å²) in [6.45, 7) is 4.19. The van der Waals surface area contributed by atoms with E-state index in [0.717, 1.165) is 44.4 Å².